The Hall–Kier alpha value is -2.82. The first-order valence-corrected chi connectivity index (χ1v) is 6.89. The molecule has 0 aliphatic rings. The Labute approximate surface area is 127 Å². The lowest BCUT2D eigenvalue weighted by Gasteiger charge is -2.07. The number of carboxylic acids is 1. The first-order chi connectivity index (χ1) is 10.6. The van der Waals surface area contributed by atoms with Gasteiger partial charge in [-0.1, -0.05) is 12.1 Å². The number of benzene rings is 1. The Morgan fingerprint density at radius 2 is 2.14 bits per heavy atom. The van der Waals surface area contributed by atoms with E-state index in [4.69, 9.17) is 4.74 Å². The summed E-state index contributed by atoms with van der Waals surface area (Å²) in [5.41, 5.74) is 3.71. The van der Waals surface area contributed by atoms with E-state index in [1.807, 2.05) is 41.9 Å². The molecule has 1 N–H and O–H groups in total. The number of nitrogens with zero attached hydrogens (tertiary/aromatic N) is 2. The van der Waals surface area contributed by atoms with Crippen LogP contribution >= 0.6 is 0 Å². The summed E-state index contributed by atoms with van der Waals surface area (Å²) < 4.78 is 7.13. The van der Waals surface area contributed by atoms with Crippen molar-refractivity contribution >= 4 is 17.0 Å². The van der Waals surface area contributed by atoms with E-state index in [0.717, 1.165) is 17.0 Å². The molecule has 5 heteroatoms. The Morgan fingerprint density at radius 1 is 1.32 bits per heavy atom. The highest BCUT2D eigenvalue weighted by Crippen LogP contribution is 2.23. The minimum absolute atomic E-state index is 0.268. The van der Waals surface area contributed by atoms with Gasteiger partial charge in [0, 0.05) is 25.4 Å². The number of fused-ring (bicyclic) bond motifs is 1. The zero-order valence-corrected chi connectivity index (χ0v) is 12.4. The van der Waals surface area contributed by atoms with E-state index >= 15 is 0 Å². The maximum Gasteiger partial charge on any atom is 0.337 e. The van der Waals surface area contributed by atoms with E-state index in [0.29, 0.717) is 17.5 Å². The normalized spacial score (nSPS) is 10.8. The molecule has 0 spiro atoms. The number of rotatable bonds is 4. The lowest BCUT2D eigenvalue weighted by molar-refractivity contribution is 0.0698. The van der Waals surface area contributed by atoms with Crippen LogP contribution in [0.1, 0.15) is 21.6 Å². The van der Waals surface area contributed by atoms with Crippen LogP contribution in [-0.4, -0.2) is 27.7 Å². The van der Waals surface area contributed by atoms with Crippen molar-refractivity contribution in [2.45, 2.75) is 6.42 Å². The second-order valence-corrected chi connectivity index (χ2v) is 5.12. The van der Waals surface area contributed by atoms with Crippen LogP contribution < -0.4 is 4.74 Å². The van der Waals surface area contributed by atoms with Crippen LogP contribution in [0.2, 0.25) is 0 Å². The van der Waals surface area contributed by atoms with Gasteiger partial charge < -0.3 is 14.4 Å². The number of aromatic nitrogens is 2. The van der Waals surface area contributed by atoms with Gasteiger partial charge in [-0.25, -0.2) is 4.79 Å². The molecule has 0 amide bonds. The molecule has 0 radical (unpaired) electrons. The zero-order valence-electron chi connectivity index (χ0n) is 12.4. The monoisotopic (exact) mass is 296 g/mol. The minimum Gasteiger partial charge on any atom is -0.497 e. The predicted octanol–water partition coefficient (Wildman–Crippen LogP) is 2.87. The Bertz CT molecular complexity index is 852. The first kappa shape index (κ1) is 14.1. The average Bonchev–Trinajstić information content (AvgIpc) is 2.84. The van der Waals surface area contributed by atoms with Crippen molar-refractivity contribution in [1.82, 2.24) is 9.55 Å². The van der Waals surface area contributed by atoms with Gasteiger partial charge in [-0.3, -0.25) is 4.98 Å². The fraction of sp³-hybridized carbons (Fsp3) is 0.176. The van der Waals surface area contributed by atoms with Gasteiger partial charge in [0.05, 0.1) is 23.7 Å². The SMILES string of the molecule is COc1cccc(Cc2cc3nccc(C(=O)O)c3n2C)c1. The molecular weight excluding hydrogens is 280 g/mol. The van der Waals surface area contributed by atoms with Gasteiger partial charge in [-0.2, -0.15) is 0 Å². The van der Waals surface area contributed by atoms with Crippen molar-refractivity contribution < 1.29 is 14.6 Å². The number of ether oxygens (including phenoxy) is 1. The second kappa shape index (κ2) is 5.52. The summed E-state index contributed by atoms with van der Waals surface area (Å²) in [7, 11) is 3.50. The van der Waals surface area contributed by atoms with Crippen molar-refractivity contribution in [1.29, 1.82) is 0 Å². The van der Waals surface area contributed by atoms with Crippen molar-refractivity contribution in [3.05, 3.63) is 59.4 Å². The van der Waals surface area contributed by atoms with E-state index in [1.54, 1.807) is 7.11 Å². The number of methoxy groups -OCH3 is 1. The lowest BCUT2D eigenvalue weighted by atomic mass is 10.1. The van der Waals surface area contributed by atoms with Gasteiger partial charge >= 0.3 is 5.97 Å². The Balaban J connectivity index is 2.06. The van der Waals surface area contributed by atoms with E-state index in [1.165, 1.54) is 12.3 Å². The van der Waals surface area contributed by atoms with E-state index in [-0.39, 0.29) is 5.56 Å². The molecule has 0 atom stereocenters. The van der Waals surface area contributed by atoms with Gasteiger partial charge in [0.25, 0.3) is 0 Å². The quantitative estimate of drug-likeness (QED) is 0.804. The molecule has 0 fully saturated rings. The summed E-state index contributed by atoms with van der Waals surface area (Å²) in [6, 6.07) is 11.3. The number of pyridine rings is 1. The highest BCUT2D eigenvalue weighted by atomic mass is 16.5. The molecule has 0 saturated heterocycles. The Kier molecular flexibility index (Phi) is 3.55. The molecule has 1 aromatic carbocycles. The molecule has 0 bridgehead atoms. The minimum atomic E-state index is -0.943. The molecule has 0 aliphatic carbocycles. The van der Waals surface area contributed by atoms with Gasteiger partial charge in [0.1, 0.15) is 5.75 Å². The summed E-state index contributed by atoms with van der Waals surface area (Å²) >= 11 is 0. The van der Waals surface area contributed by atoms with Gasteiger partial charge in [0.15, 0.2) is 0 Å². The van der Waals surface area contributed by atoms with Crippen molar-refractivity contribution in [2.75, 3.05) is 7.11 Å². The molecule has 112 valence electrons. The molecular formula is C17H16N2O3. The maximum absolute atomic E-state index is 11.4. The van der Waals surface area contributed by atoms with Crippen molar-refractivity contribution in [3.8, 4) is 5.75 Å². The van der Waals surface area contributed by atoms with Crippen LogP contribution in [0.4, 0.5) is 0 Å². The number of carbonyl (C=O) groups is 1. The molecule has 0 saturated carbocycles. The van der Waals surface area contributed by atoms with E-state index < -0.39 is 5.97 Å². The van der Waals surface area contributed by atoms with Gasteiger partial charge in [-0.15, -0.1) is 0 Å². The van der Waals surface area contributed by atoms with E-state index in [9.17, 15) is 9.90 Å². The highest BCUT2D eigenvalue weighted by Gasteiger charge is 2.15. The molecule has 5 nitrogen and oxygen atoms in total. The third-order valence-corrected chi connectivity index (χ3v) is 3.77. The first-order valence-electron chi connectivity index (χ1n) is 6.89. The fourth-order valence-electron chi connectivity index (χ4n) is 2.66. The van der Waals surface area contributed by atoms with Gasteiger partial charge in [0.2, 0.25) is 0 Å². The lowest BCUT2D eigenvalue weighted by Crippen LogP contribution is -2.03. The van der Waals surface area contributed by atoms with E-state index in [2.05, 4.69) is 4.98 Å². The maximum atomic E-state index is 11.4. The largest absolute Gasteiger partial charge is 0.497 e. The summed E-state index contributed by atoms with van der Waals surface area (Å²) in [5, 5.41) is 9.32. The van der Waals surface area contributed by atoms with Crippen LogP contribution in [-0.2, 0) is 13.5 Å². The average molecular weight is 296 g/mol. The predicted molar refractivity (Wildman–Crippen MR) is 83.5 cm³/mol. The number of aromatic carboxylic acids is 1. The molecule has 22 heavy (non-hydrogen) atoms. The van der Waals surface area contributed by atoms with Crippen LogP contribution in [0.5, 0.6) is 5.75 Å². The number of aryl methyl sites for hydroxylation is 1. The molecule has 3 aromatic rings. The topological polar surface area (TPSA) is 64.3 Å². The van der Waals surface area contributed by atoms with Crippen LogP contribution in [0.25, 0.3) is 11.0 Å². The number of hydrogen-bond acceptors (Lipinski definition) is 3. The zero-order chi connectivity index (χ0) is 15.7. The molecule has 3 rings (SSSR count). The highest BCUT2D eigenvalue weighted by molar-refractivity contribution is 6.01. The van der Waals surface area contributed by atoms with Crippen molar-refractivity contribution in [2.24, 2.45) is 7.05 Å². The third-order valence-electron chi connectivity index (χ3n) is 3.77. The Morgan fingerprint density at radius 3 is 2.86 bits per heavy atom. The van der Waals surface area contributed by atoms with Crippen LogP contribution in [0, 0.1) is 0 Å². The molecule has 2 aromatic heterocycles. The summed E-state index contributed by atoms with van der Waals surface area (Å²) in [6.07, 6.45) is 2.21. The summed E-state index contributed by atoms with van der Waals surface area (Å²) in [6.45, 7) is 0. The van der Waals surface area contributed by atoms with Crippen LogP contribution in [0.15, 0.2) is 42.6 Å². The second-order valence-electron chi connectivity index (χ2n) is 5.12. The number of carboxylic acid groups (broad SMARTS) is 1. The standard InChI is InChI=1S/C17H16N2O3/c1-19-12(8-11-4-3-5-13(9-11)22-2)10-15-16(19)14(17(20)21)6-7-18-15/h3-7,9-10H,8H2,1-2H3,(H,20,21). The summed E-state index contributed by atoms with van der Waals surface area (Å²) in [4.78, 5) is 15.6. The molecule has 0 aliphatic heterocycles. The van der Waals surface area contributed by atoms with Gasteiger partial charge in [-0.05, 0) is 29.8 Å². The smallest absolute Gasteiger partial charge is 0.337 e. The van der Waals surface area contributed by atoms with Crippen molar-refractivity contribution in [3.63, 3.8) is 0 Å². The van der Waals surface area contributed by atoms with Crippen LogP contribution in [0.3, 0.4) is 0 Å². The molecule has 0 unspecified atom stereocenters. The number of hydrogen-bond donors (Lipinski definition) is 1. The third kappa shape index (κ3) is 2.41. The summed E-state index contributed by atoms with van der Waals surface area (Å²) in [5.74, 6) is -0.137. The fourth-order valence-corrected chi connectivity index (χ4v) is 2.66. The molecule has 2 heterocycles.